The van der Waals surface area contributed by atoms with Gasteiger partial charge in [0, 0.05) is 4.90 Å². The summed E-state index contributed by atoms with van der Waals surface area (Å²) in [6, 6.07) is 3.82. The maximum Gasteiger partial charge on any atom is 0.349 e. The van der Waals surface area contributed by atoms with Crippen LogP contribution < -0.4 is 4.74 Å². The van der Waals surface area contributed by atoms with E-state index in [1.54, 1.807) is 20.8 Å². The van der Waals surface area contributed by atoms with Crippen molar-refractivity contribution >= 4 is 18.6 Å². The standard InChI is InChI=1S/C14H20O3S/c1-6-16-13(15)14(4,5)17-12-9(2)7-11(18)8-10(12)3/h7-8,18H,6H2,1-5H3. The van der Waals surface area contributed by atoms with Gasteiger partial charge >= 0.3 is 5.97 Å². The lowest BCUT2D eigenvalue weighted by Crippen LogP contribution is -2.40. The van der Waals surface area contributed by atoms with Crippen molar-refractivity contribution in [3.63, 3.8) is 0 Å². The topological polar surface area (TPSA) is 35.5 Å². The van der Waals surface area contributed by atoms with Crippen molar-refractivity contribution in [1.29, 1.82) is 0 Å². The Kier molecular flexibility index (Phi) is 4.68. The molecule has 0 unspecified atom stereocenters. The number of ether oxygens (including phenoxy) is 2. The van der Waals surface area contributed by atoms with Gasteiger partial charge in [-0.1, -0.05) is 0 Å². The van der Waals surface area contributed by atoms with E-state index in [1.807, 2.05) is 26.0 Å². The Labute approximate surface area is 114 Å². The number of esters is 1. The molecule has 0 aliphatic carbocycles. The van der Waals surface area contributed by atoms with Crippen molar-refractivity contribution in [2.45, 2.75) is 45.1 Å². The van der Waals surface area contributed by atoms with Crippen LogP contribution in [0.5, 0.6) is 5.75 Å². The van der Waals surface area contributed by atoms with Crippen LogP contribution in [-0.2, 0) is 9.53 Å². The zero-order chi connectivity index (χ0) is 13.9. The smallest absolute Gasteiger partial charge is 0.349 e. The molecule has 18 heavy (non-hydrogen) atoms. The molecular weight excluding hydrogens is 248 g/mol. The lowest BCUT2D eigenvalue weighted by atomic mass is 10.1. The molecule has 100 valence electrons. The number of hydrogen-bond acceptors (Lipinski definition) is 4. The molecular formula is C14H20O3S. The number of benzene rings is 1. The summed E-state index contributed by atoms with van der Waals surface area (Å²) in [5.41, 5.74) is 0.915. The summed E-state index contributed by atoms with van der Waals surface area (Å²) in [7, 11) is 0. The SMILES string of the molecule is CCOC(=O)C(C)(C)Oc1c(C)cc(S)cc1C. The third kappa shape index (κ3) is 3.42. The van der Waals surface area contributed by atoms with Gasteiger partial charge < -0.3 is 9.47 Å². The van der Waals surface area contributed by atoms with E-state index in [4.69, 9.17) is 9.47 Å². The molecule has 0 aliphatic rings. The minimum atomic E-state index is -0.996. The Morgan fingerprint density at radius 3 is 2.22 bits per heavy atom. The molecule has 0 saturated heterocycles. The van der Waals surface area contributed by atoms with Gasteiger partial charge in [0.2, 0.25) is 0 Å². The highest BCUT2D eigenvalue weighted by molar-refractivity contribution is 7.80. The third-order valence-corrected chi connectivity index (χ3v) is 2.83. The van der Waals surface area contributed by atoms with Crippen molar-refractivity contribution < 1.29 is 14.3 Å². The molecule has 0 heterocycles. The van der Waals surface area contributed by atoms with E-state index in [-0.39, 0.29) is 5.97 Å². The van der Waals surface area contributed by atoms with Crippen molar-refractivity contribution in [3.05, 3.63) is 23.3 Å². The second kappa shape index (κ2) is 5.65. The molecule has 0 N–H and O–H groups in total. The van der Waals surface area contributed by atoms with Gasteiger partial charge in [0.25, 0.3) is 0 Å². The Morgan fingerprint density at radius 1 is 1.28 bits per heavy atom. The first-order valence-electron chi connectivity index (χ1n) is 5.94. The first-order valence-corrected chi connectivity index (χ1v) is 6.39. The summed E-state index contributed by atoms with van der Waals surface area (Å²) in [4.78, 5) is 12.7. The summed E-state index contributed by atoms with van der Waals surface area (Å²) in [6.07, 6.45) is 0. The lowest BCUT2D eigenvalue weighted by Gasteiger charge is -2.26. The number of carbonyl (C=O) groups excluding carboxylic acids is 1. The van der Waals surface area contributed by atoms with E-state index < -0.39 is 5.60 Å². The average Bonchev–Trinajstić information content (AvgIpc) is 2.23. The van der Waals surface area contributed by atoms with Gasteiger partial charge in [-0.2, -0.15) is 0 Å². The molecule has 0 aromatic heterocycles. The van der Waals surface area contributed by atoms with Crippen LogP contribution in [0.3, 0.4) is 0 Å². The van der Waals surface area contributed by atoms with Gasteiger partial charge in [-0.05, 0) is 57.9 Å². The number of hydrogen-bond donors (Lipinski definition) is 1. The summed E-state index contributed by atoms with van der Waals surface area (Å²) in [5, 5.41) is 0. The van der Waals surface area contributed by atoms with Crippen LogP contribution >= 0.6 is 12.6 Å². The van der Waals surface area contributed by atoms with Crippen LogP contribution in [0.2, 0.25) is 0 Å². The van der Waals surface area contributed by atoms with Crippen LogP contribution in [0.25, 0.3) is 0 Å². The second-order valence-electron chi connectivity index (χ2n) is 4.74. The minimum absolute atomic E-state index is 0.346. The summed E-state index contributed by atoms with van der Waals surface area (Å²) in [5.74, 6) is 0.351. The third-order valence-electron chi connectivity index (χ3n) is 2.57. The molecule has 3 nitrogen and oxygen atoms in total. The van der Waals surface area contributed by atoms with Crippen LogP contribution in [0.1, 0.15) is 31.9 Å². The molecule has 0 amide bonds. The van der Waals surface area contributed by atoms with Gasteiger partial charge in [0.15, 0.2) is 5.60 Å². The predicted molar refractivity (Wildman–Crippen MR) is 74.5 cm³/mol. The molecule has 0 atom stereocenters. The monoisotopic (exact) mass is 268 g/mol. The van der Waals surface area contributed by atoms with Crippen LogP contribution in [0.15, 0.2) is 17.0 Å². The molecule has 1 aromatic carbocycles. The molecule has 0 spiro atoms. The second-order valence-corrected chi connectivity index (χ2v) is 5.26. The van der Waals surface area contributed by atoms with Gasteiger partial charge in [-0.3, -0.25) is 0 Å². The number of aryl methyl sites for hydroxylation is 2. The van der Waals surface area contributed by atoms with E-state index in [9.17, 15) is 4.79 Å². The Hall–Kier alpha value is -1.16. The molecule has 1 rings (SSSR count). The first kappa shape index (κ1) is 14.9. The highest BCUT2D eigenvalue weighted by Crippen LogP contribution is 2.30. The maximum atomic E-state index is 11.8. The van der Waals surface area contributed by atoms with E-state index in [2.05, 4.69) is 12.6 Å². The van der Waals surface area contributed by atoms with E-state index in [0.717, 1.165) is 16.0 Å². The fourth-order valence-electron chi connectivity index (χ4n) is 1.69. The fraction of sp³-hybridized carbons (Fsp3) is 0.500. The van der Waals surface area contributed by atoms with Crippen LogP contribution in [0.4, 0.5) is 0 Å². The van der Waals surface area contributed by atoms with Crippen molar-refractivity contribution in [2.24, 2.45) is 0 Å². The highest BCUT2D eigenvalue weighted by atomic mass is 32.1. The Bertz CT molecular complexity index is 429. The summed E-state index contributed by atoms with van der Waals surface area (Å²) >= 11 is 4.31. The zero-order valence-electron chi connectivity index (χ0n) is 11.5. The van der Waals surface area contributed by atoms with Crippen LogP contribution in [0, 0.1) is 13.8 Å². The quantitative estimate of drug-likeness (QED) is 0.672. The van der Waals surface area contributed by atoms with Crippen molar-refractivity contribution in [3.8, 4) is 5.75 Å². The van der Waals surface area contributed by atoms with Gasteiger partial charge in [0.1, 0.15) is 5.75 Å². The predicted octanol–water partition coefficient (Wildman–Crippen LogP) is 3.31. The molecule has 0 fully saturated rings. The largest absolute Gasteiger partial charge is 0.476 e. The van der Waals surface area contributed by atoms with Gasteiger partial charge in [-0.25, -0.2) is 4.79 Å². The summed E-state index contributed by atoms with van der Waals surface area (Å²) in [6.45, 7) is 9.41. The average molecular weight is 268 g/mol. The van der Waals surface area contributed by atoms with Crippen molar-refractivity contribution in [2.75, 3.05) is 6.61 Å². The number of carbonyl (C=O) groups is 1. The van der Waals surface area contributed by atoms with Gasteiger partial charge in [0.05, 0.1) is 6.61 Å². The first-order chi connectivity index (χ1) is 8.27. The lowest BCUT2D eigenvalue weighted by molar-refractivity contribution is -0.158. The number of rotatable bonds is 4. The molecule has 0 saturated carbocycles. The number of thiol groups is 1. The molecule has 1 aromatic rings. The fourth-order valence-corrected chi connectivity index (χ4v) is 2.08. The molecule has 0 bridgehead atoms. The normalized spacial score (nSPS) is 11.2. The Morgan fingerprint density at radius 2 is 1.78 bits per heavy atom. The maximum absolute atomic E-state index is 11.8. The van der Waals surface area contributed by atoms with Crippen LogP contribution in [-0.4, -0.2) is 18.2 Å². The van der Waals surface area contributed by atoms with E-state index >= 15 is 0 Å². The van der Waals surface area contributed by atoms with E-state index in [0.29, 0.717) is 12.4 Å². The molecule has 0 radical (unpaired) electrons. The Balaban J connectivity index is 3.00. The minimum Gasteiger partial charge on any atom is -0.476 e. The molecule has 4 heteroatoms. The van der Waals surface area contributed by atoms with E-state index in [1.165, 1.54) is 0 Å². The zero-order valence-corrected chi connectivity index (χ0v) is 12.4. The van der Waals surface area contributed by atoms with Gasteiger partial charge in [-0.15, -0.1) is 12.6 Å². The highest BCUT2D eigenvalue weighted by Gasteiger charge is 2.32. The summed E-state index contributed by atoms with van der Waals surface area (Å²) < 4.78 is 10.8. The van der Waals surface area contributed by atoms with Crippen molar-refractivity contribution in [1.82, 2.24) is 0 Å². The molecule has 0 aliphatic heterocycles.